The molecule has 0 aliphatic heterocycles. The van der Waals surface area contributed by atoms with Crippen molar-refractivity contribution in [2.24, 2.45) is 0 Å². The lowest BCUT2D eigenvalue weighted by Crippen LogP contribution is -2.09. The van der Waals surface area contributed by atoms with Gasteiger partial charge in [0, 0.05) is 26.1 Å². The minimum Gasteiger partial charge on any atom is -0.399 e. The van der Waals surface area contributed by atoms with Gasteiger partial charge in [-0.05, 0) is 47.9 Å². The van der Waals surface area contributed by atoms with Crippen LogP contribution in [0, 0.1) is 0 Å². The van der Waals surface area contributed by atoms with E-state index in [1.54, 1.807) is 18.2 Å². The summed E-state index contributed by atoms with van der Waals surface area (Å²) in [5, 5.41) is 4.69. The number of thiophene rings is 1. The van der Waals surface area contributed by atoms with Crippen LogP contribution in [0.1, 0.15) is 9.67 Å². The van der Waals surface area contributed by atoms with E-state index >= 15 is 0 Å². The fourth-order valence-electron chi connectivity index (χ4n) is 1.99. The highest BCUT2D eigenvalue weighted by Crippen LogP contribution is 2.28. The smallest absolute Gasteiger partial charge is 0.265 e. The molecule has 3 N–H and O–H groups in total. The summed E-state index contributed by atoms with van der Waals surface area (Å²) >= 11 is 13.2. The third-order valence-electron chi connectivity index (χ3n) is 2.88. The Kier molecular flexibility index (Phi) is 3.76. The number of benzene rings is 2. The van der Waals surface area contributed by atoms with Gasteiger partial charge in [-0.3, -0.25) is 4.79 Å². The summed E-state index contributed by atoms with van der Waals surface area (Å²) in [6.07, 6.45) is 0. The first kappa shape index (κ1) is 14.2. The lowest BCUT2D eigenvalue weighted by molar-refractivity contribution is 0.103. The number of fused-ring (bicyclic) bond motifs is 1. The molecule has 3 aromatic rings. The van der Waals surface area contributed by atoms with Crippen LogP contribution in [0.25, 0.3) is 10.1 Å². The molecule has 0 atom stereocenters. The van der Waals surface area contributed by atoms with Crippen molar-refractivity contribution in [3.8, 4) is 0 Å². The molecule has 0 unspecified atom stereocenters. The molecule has 3 rings (SSSR count). The van der Waals surface area contributed by atoms with E-state index in [9.17, 15) is 4.79 Å². The van der Waals surface area contributed by atoms with Crippen LogP contribution >= 0.6 is 34.5 Å². The first-order chi connectivity index (χ1) is 10.0. The van der Waals surface area contributed by atoms with Crippen LogP contribution in [0.3, 0.4) is 0 Å². The van der Waals surface area contributed by atoms with Gasteiger partial charge >= 0.3 is 0 Å². The quantitative estimate of drug-likeness (QED) is 0.644. The Morgan fingerprint density at radius 2 is 1.76 bits per heavy atom. The van der Waals surface area contributed by atoms with Gasteiger partial charge in [-0.1, -0.05) is 23.2 Å². The van der Waals surface area contributed by atoms with Crippen LogP contribution in [0.15, 0.2) is 42.5 Å². The predicted molar refractivity (Wildman–Crippen MR) is 90.7 cm³/mol. The molecule has 106 valence electrons. The molecule has 0 aliphatic carbocycles. The minimum atomic E-state index is -0.201. The molecular weight excluding hydrogens is 327 g/mol. The molecule has 0 bridgehead atoms. The highest BCUT2D eigenvalue weighted by atomic mass is 35.5. The molecule has 1 heterocycles. The van der Waals surface area contributed by atoms with E-state index in [1.807, 2.05) is 24.3 Å². The number of anilines is 2. The van der Waals surface area contributed by atoms with Crippen molar-refractivity contribution in [3.63, 3.8) is 0 Å². The van der Waals surface area contributed by atoms with E-state index in [4.69, 9.17) is 28.9 Å². The molecule has 0 aliphatic rings. The normalized spacial score (nSPS) is 10.8. The average Bonchev–Trinajstić information content (AvgIpc) is 2.80. The fraction of sp³-hybridized carbons (Fsp3) is 0. The molecule has 21 heavy (non-hydrogen) atoms. The Morgan fingerprint density at radius 3 is 2.48 bits per heavy atom. The van der Waals surface area contributed by atoms with Gasteiger partial charge in [0.05, 0.1) is 4.88 Å². The van der Waals surface area contributed by atoms with Crippen LogP contribution in [-0.2, 0) is 0 Å². The summed E-state index contributed by atoms with van der Waals surface area (Å²) in [4.78, 5) is 12.9. The van der Waals surface area contributed by atoms with Crippen LogP contribution < -0.4 is 11.1 Å². The molecule has 0 radical (unpaired) electrons. The zero-order valence-electron chi connectivity index (χ0n) is 10.7. The molecule has 0 saturated carbocycles. The van der Waals surface area contributed by atoms with Gasteiger partial charge in [0.1, 0.15) is 0 Å². The zero-order valence-corrected chi connectivity index (χ0v) is 13.0. The molecule has 2 aromatic carbocycles. The predicted octanol–water partition coefficient (Wildman–Crippen LogP) is 5.04. The number of nitrogens with one attached hydrogen (secondary N) is 1. The first-order valence-electron chi connectivity index (χ1n) is 6.08. The van der Waals surface area contributed by atoms with Crippen molar-refractivity contribution in [1.82, 2.24) is 0 Å². The summed E-state index contributed by atoms with van der Waals surface area (Å²) in [6.45, 7) is 0. The molecule has 6 heteroatoms. The first-order valence-corrected chi connectivity index (χ1v) is 7.65. The van der Waals surface area contributed by atoms with E-state index < -0.39 is 0 Å². The van der Waals surface area contributed by atoms with E-state index in [0.29, 0.717) is 26.3 Å². The van der Waals surface area contributed by atoms with Crippen molar-refractivity contribution < 1.29 is 4.79 Å². The number of carbonyl (C=O) groups is 1. The maximum Gasteiger partial charge on any atom is 0.265 e. The Balaban J connectivity index is 1.89. The zero-order chi connectivity index (χ0) is 15.0. The van der Waals surface area contributed by atoms with Gasteiger partial charge < -0.3 is 11.1 Å². The minimum absolute atomic E-state index is 0.201. The van der Waals surface area contributed by atoms with Crippen molar-refractivity contribution in [1.29, 1.82) is 0 Å². The Labute approximate surface area is 135 Å². The third-order valence-corrected chi connectivity index (χ3v) is 4.44. The Hall–Kier alpha value is -1.75. The highest BCUT2D eigenvalue weighted by molar-refractivity contribution is 7.20. The van der Waals surface area contributed by atoms with Gasteiger partial charge in [0.2, 0.25) is 0 Å². The molecule has 0 saturated heterocycles. The molecule has 0 spiro atoms. The third kappa shape index (κ3) is 3.13. The Bertz CT molecular complexity index is 825. The van der Waals surface area contributed by atoms with Gasteiger partial charge in [-0.15, -0.1) is 11.3 Å². The van der Waals surface area contributed by atoms with Gasteiger partial charge in [0.15, 0.2) is 0 Å². The maximum absolute atomic E-state index is 12.3. The van der Waals surface area contributed by atoms with Crippen LogP contribution in [0.4, 0.5) is 11.4 Å². The molecule has 1 aromatic heterocycles. The van der Waals surface area contributed by atoms with E-state index in [2.05, 4.69) is 5.32 Å². The summed E-state index contributed by atoms with van der Waals surface area (Å²) in [5.41, 5.74) is 6.98. The number of rotatable bonds is 2. The van der Waals surface area contributed by atoms with Gasteiger partial charge in [0.25, 0.3) is 5.91 Å². The van der Waals surface area contributed by atoms with Gasteiger partial charge in [-0.2, -0.15) is 0 Å². The summed E-state index contributed by atoms with van der Waals surface area (Å²) in [7, 11) is 0. The van der Waals surface area contributed by atoms with Crippen LogP contribution in [0.2, 0.25) is 10.0 Å². The average molecular weight is 337 g/mol. The number of amides is 1. The topological polar surface area (TPSA) is 55.1 Å². The van der Waals surface area contributed by atoms with E-state index in [-0.39, 0.29) is 5.91 Å². The highest BCUT2D eigenvalue weighted by Gasteiger charge is 2.11. The van der Waals surface area contributed by atoms with Crippen molar-refractivity contribution in [2.45, 2.75) is 0 Å². The fourth-order valence-corrected chi connectivity index (χ4v) is 3.46. The van der Waals surface area contributed by atoms with E-state index in [1.165, 1.54) is 11.3 Å². The SMILES string of the molecule is Nc1ccc2sc(C(=O)Nc3cc(Cl)cc(Cl)c3)cc2c1. The molecule has 0 fully saturated rings. The van der Waals surface area contributed by atoms with E-state index in [0.717, 1.165) is 10.1 Å². The van der Waals surface area contributed by atoms with Crippen LogP contribution in [0.5, 0.6) is 0 Å². The standard InChI is InChI=1S/C15H10Cl2N2OS/c16-9-5-10(17)7-12(6-9)19-15(20)14-4-8-3-11(18)1-2-13(8)21-14/h1-7H,18H2,(H,19,20). The Morgan fingerprint density at radius 1 is 1.05 bits per heavy atom. The largest absolute Gasteiger partial charge is 0.399 e. The van der Waals surface area contributed by atoms with Crippen molar-refractivity contribution in [3.05, 3.63) is 57.4 Å². The second-order valence-electron chi connectivity index (χ2n) is 4.52. The maximum atomic E-state index is 12.3. The van der Waals surface area contributed by atoms with Crippen LogP contribution in [-0.4, -0.2) is 5.91 Å². The number of hydrogen-bond donors (Lipinski definition) is 2. The second kappa shape index (κ2) is 5.56. The molecule has 3 nitrogen and oxygen atoms in total. The summed E-state index contributed by atoms with van der Waals surface area (Å²) in [6, 6.07) is 12.3. The van der Waals surface area contributed by atoms with Crippen molar-refractivity contribution in [2.75, 3.05) is 11.1 Å². The lowest BCUT2D eigenvalue weighted by Gasteiger charge is -2.04. The summed E-state index contributed by atoms with van der Waals surface area (Å²) in [5.74, 6) is -0.201. The number of hydrogen-bond acceptors (Lipinski definition) is 3. The van der Waals surface area contributed by atoms with Gasteiger partial charge in [-0.25, -0.2) is 0 Å². The number of halogens is 2. The number of nitrogens with two attached hydrogens (primary N) is 1. The molecule has 1 amide bonds. The molecular formula is C15H10Cl2N2OS. The summed E-state index contributed by atoms with van der Waals surface area (Å²) < 4.78 is 1.01. The second-order valence-corrected chi connectivity index (χ2v) is 6.48. The van der Waals surface area contributed by atoms with Crippen molar-refractivity contribution >= 4 is 61.9 Å². The number of carbonyl (C=O) groups excluding carboxylic acids is 1. The number of nitrogen functional groups attached to an aromatic ring is 1. The lowest BCUT2D eigenvalue weighted by atomic mass is 10.2. The monoisotopic (exact) mass is 336 g/mol.